The summed E-state index contributed by atoms with van der Waals surface area (Å²) in [6.45, 7) is 7.46. The largest absolute Gasteiger partial charge is 0.466 e. The summed E-state index contributed by atoms with van der Waals surface area (Å²) in [5, 5.41) is -0.606. The Kier molecular flexibility index (Phi) is 6.75. The minimum Gasteiger partial charge on any atom is -0.466 e. The Morgan fingerprint density at radius 3 is 2.33 bits per heavy atom. The molecule has 1 rings (SSSR count). The van der Waals surface area contributed by atoms with Gasteiger partial charge >= 0.3 is 11.9 Å². The lowest BCUT2D eigenvalue weighted by Gasteiger charge is -2.23. The van der Waals surface area contributed by atoms with Gasteiger partial charge in [-0.1, -0.05) is 18.2 Å². The second-order valence-corrected chi connectivity index (χ2v) is 6.74. The summed E-state index contributed by atoms with van der Waals surface area (Å²) < 4.78 is 10.3. The van der Waals surface area contributed by atoms with E-state index in [1.54, 1.807) is 27.7 Å². The predicted molar refractivity (Wildman–Crippen MR) is 83.2 cm³/mol. The molecule has 0 aliphatic rings. The third-order valence-electron chi connectivity index (χ3n) is 2.35. The van der Waals surface area contributed by atoms with Gasteiger partial charge in [0.2, 0.25) is 0 Å². The Labute approximate surface area is 130 Å². The van der Waals surface area contributed by atoms with Crippen molar-refractivity contribution in [1.82, 2.24) is 0 Å². The Balaban J connectivity index is 2.78. The van der Waals surface area contributed by atoms with E-state index in [1.165, 1.54) is 11.8 Å². The van der Waals surface area contributed by atoms with Crippen LogP contribution in [0, 0.1) is 0 Å². The fourth-order valence-corrected chi connectivity index (χ4v) is 2.58. The molecule has 0 saturated carbocycles. The van der Waals surface area contributed by atoms with E-state index >= 15 is 0 Å². The molecule has 0 heterocycles. The second kappa shape index (κ2) is 8.08. The Bertz CT molecular complexity index is 465. The van der Waals surface area contributed by atoms with Gasteiger partial charge in [-0.2, -0.15) is 0 Å². The van der Waals surface area contributed by atoms with E-state index in [1.807, 2.05) is 30.3 Å². The molecule has 0 aliphatic carbocycles. The fraction of sp³-hybridized carbons (Fsp3) is 0.500. The van der Waals surface area contributed by atoms with E-state index in [-0.39, 0.29) is 6.42 Å². The van der Waals surface area contributed by atoms with Crippen molar-refractivity contribution in [3.05, 3.63) is 30.3 Å². The number of carbonyl (C=O) groups excluding carboxylic acids is 2. The number of rotatable bonds is 6. The van der Waals surface area contributed by atoms with E-state index in [0.29, 0.717) is 6.61 Å². The molecule has 0 aliphatic heterocycles. The monoisotopic (exact) mass is 310 g/mol. The van der Waals surface area contributed by atoms with Gasteiger partial charge in [-0.3, -0.25) is 9.59 Å². The maximum atomic E-state index is 12.3. The van der Waals surface area contributed by atoms with E-state index in [2.05, 4.69) is 0 Å². The van der Waals surface area contributed by atoms with Gasteiger partial charge in [0.1, 0.15) is 10.9 Å². The van der Waals surface area contributed by atoms with Crippen molar-refractivity contribution >= 4 is 23.7 Å². The van der Waals surface area contributed by atoms with Gasteiger partial charge in [0.25, 0.3) is 0 Å². The van der Waals surface area contributed by atoms with Crippen molar-refractivity contribution in [2.45, 2.75) is 49.9 Å². The van der Waals surface area contributed by atoms with E-state index < -0.39 is 22.8 Å². The van der Waals surface area contributed by atoms with Crippen LogP contribution in [0.15, 0.2) is 35.2 Å². The average molecular weight is 310 g/mol. The number of ether oxygens (including phenoxy) is 2. The molecule has 0 amide bonds. The van der Waals surface area contributed by atoms with Gasteiger partial charge in [0.05, 0.1) is 13.0 Å². The first-order chi connectivity index (χ1) is 9.81. The first-order valence-electron chi connectivity index (χ1n) is 6.92. The Morgan fingerprint density at radius 2 is 1.81 bits per heavy atom. The van der Waals surface area contributed by atoms with Crippen LogP contribution < -0.4 is 0 Å². The summed E-state index contributed by atoms with van der Waals surface area (Å²) in [6, 6.07) is 9.47. The van der Waals surface area contributed by atoms with Crippen LogP contribution in [0.25, 0.3) is 0 Å². The molecule has 0 spiro atoms. The highest BCUT2D eigenvalue weighted by atomic mass is 32.2. The molecule has 0 fully saturated rings. The van der Waals surface area contributed by atoms with E-state index in [0.717, 1.165) is 4.90 Å². The minimum absolute atomic E-state index is 0.00230. The maximum absolute atomic E-state index is 12.3. The zero-order chi connectivity index (χ0) is 15.9. The van der Waals surface area contributed by atoms with Crippen LogP contribution in [-0.4, -0.2) is 29.4 Å². The molecule has 1 aromatic carbocycles. The van der Waals surface area contributed by atoms with Crippen molar-refractivity contribution in [2.24, 2.45) is 0 Å². The molecular formula is C16H22O4S. The predicted octanol–water partition coefficient (Wildman–Crippen LogP) is 3.44. The molecule has 0 radical (unpaired) electrons. The highest BCUT2D eigenvalue weighted by molar-refractivity contribution is 8.00. The third-order valence-corrected chi connectivity index (χ3v) is 3.54. The fourth-order valence-electron chi connectivity index (χ4n) is 1.58. The minimum atomic E-state index is -0.606. The molecule has 1 aromatic rings. The normalized spacial score (nSPS) is 12.6. The number of hydrogen-bond donors (Lipinski definition) is 0. The van der Waals surface area contributed by atoms with Gasteiger partial charge in [-0.05, 0) is 39.8 Å². The molecule has 116 valence electrons. The van der Waals surface area contributed by atoms with E-state index in [4.69, 9.17) is 9.47 Å². The summed E-state index contributed by atoms with van der Waals surface area (Å²) in [6.07, 6.45) is 0.00230. The second-order valence-electron chi connectivity index (χ2n) is 5.46. The van der Waals surface area contributed by atoms with Gasteiger partial charge < -0.3 is 9.47 Å². The molecule has 0 aromatic heterocycles. The molecule has 4 nitrogen and oxygen atoms in total. The summed E-state index contributed by atoms with van der Waals surface area (Å²) >= 11 is 1.32. The lowest BCUT2D eigenvalue weighted by atomic mass is 10.2. The van der Waals surface area contributed by atoms with Crippen molar-refractivity contribution in [3.8, 4) is 0 Å². The van der Waals surface area contributed by atoms with Crippen molar-refractivity contribution in [2.75, 3.05) is 6.61 Å². The number of thioether (sulfide) groups is 1. The zero-order valence-corrected chi connectivity index (χ0v) is 13.7. The zero-order valence-electron chi connectivity index (χ0n) is 12.9. The number of carbonyl (C=O) groups is 2. The van der Waals surface area contributed by atoms with Crippen LogP contribution in [0.5, 0.6) is 0 Å². The first kappa shape index (κ1) is 17.6. The van der Waals surface area contributed by atoms with Gasteiger partial charge in [0.15, 0.2) is 0 Å². The Morgan fingerprint density at radius 1 is 1.19 bits per heavy atom. The number of hydrogen-bond acceptors (Lipinski definition) is 5. The summed E-state index contributed by atoms with van der Waals surface area (Å²) in [5.74, 6) is -0.791. The summed E-state index contributed by atoms with van der Waals surface area (Å²) in [7, 11) is 0. The molecule has 0 N–H and O–H groups in total. The van der Waals surface area contributed by atoms with Crippen molar-refractivity contribution in [3.63, 3.8) is 0 Å². The van der Waals surface area contributed by atoms with Crippen LogP contribution in [0.3, 0.4) is 0 Å². The lowest BCUT2D eigenvalue weighted by Crippen LogP contribution is -2.32. The Hall–Kier alpha value is -1.49. The van der Waals surface area contributed by atoms with E-state index in [9.17, 15) is 9.59 Å². The van der Waals surface area contributed by atoms with Crippen LogP contribution in [-0.2, 0) is 19.1 Å². The SMILES string of the molecule is CCOC(=O)CC(Sc1ccccc1)C(=O)OC(C)(C)C. The highest BCUT2D eigenvalue weighted by Crippen LogP contribution is 2.27. The van der Waals surface area contributed by atoms with Crippen molar-refractivity contribution in [1.29, 1.82) is 0 Å². The molecule has 0 bridgehead atoms. The quantitative estimate of drug-likeness (QED) is 0.595. The molecule has 1 unspecified atom stereocenters. The summed E-state index contributed by atoms with van der Waals surface area (Å²) in [4.78, 5) is 24.8. The highest BCUT2D eigenvalue weighted by Gasteiger charge is 2.28. The molecule has 1 atom stereocenters. The number of benzene rings is 1. The van der Waals surface area contributed by atoms with Crippen LogP contribution in [0.1, 0.15) is 34.1 Å². The lowest BCUT2D eigenvalue weighted by molar-refractivity contribution is -0.157. The first-order valence-corrected chi connectivity index (χ1v) is 7.80. The average Bonchev–Trinajstić information content (AvgIpc) is 2.37. The van der Waals surface area contributed by atoms with Crippen molar-refractivity contribution < 1.29 is 19.1 Å². The standard InChI is InChI=1S/C16H22O4S/c1-5-19-14(17)11-13(15(18)20-16(2,3)4)21-12-9-7-6-8-10-12/h6-10,13H,5,11H2,1-4H3. The molecular weight excluding hydrogens is 288 g/mol. The smallest absolute Gasteiger partial charge is 0.320 e. The van der Waals surface area contributed by atoms with Crippen LogP contribution in [0.4, 0.5) is 0 Å². The third kappa shape index (κ3) is 7.18. The molecule has 5 heteroatoms. The number of esters is 2. The van der Waals surface area contributed by atoms with Gasteiger partial charge in [0, 0.05) is 4.90 Å². The topological polar surface area (TPSA) is 52.6 Å². The molecule has 21 heavy (non-hydrogen) atoms. The van der Waals surface area contributed by atoms with Crippen LogP contribution in [0.2, 0.25) is 0 Å². The summed E-state index contributed by atoms with van der Waals surface area (Å²) in [5.41, 5.74) is -0.582. The van der Waals surface area contributed by atoms with Gasteiger partial charge in [-0.25, -0.2) is 0 Å². The van der Waals surface area contributed by atoms with Gasteiger partial charge in [-0.15, -0.1) is 11.8 Å². The maximum Gasteiger partial charge on any atom is 0.320 e. The molecule has 0 saturated heterocycles. The van der Waals surface area contributed by atoms with Crippen LogP contribution >= 0.6 is 11.8 Å².